The smallest absolute Gasteiger partial charge is 0.307 e. The van der Waals surface area contributed by atoms with Gasteiger partial charge in [-0.05, 0) is 60.6 Å². The van der Waals surface area contributed by atoms with Crippen LogP contribution in [0, 0.1) is 5.92 Å². The molecule has 1 saturated carbocycles. The molecule has 0 spiro atoms. The molecule has 0 aliphatic heterocycles. The van der Waals surface area contributed by atoms with Crippen molar-refractivity contribution < 1.29 is 18.3 Å². The summed E-state index contributed by atoms with van der Waals surface area (Å²) in [5.41, 5.74) is 1.85. The quantitative estimate of drug-likeness (QED) is 0.733. The second kappa shape index (κ2) is 8.42. The second-order valence-corrected chi connectivity index (χ2v) is 9.11. The van der Waals surface area contributed by atoms with Crippen LogP contribution in [0.3, 0.4) is 0 Å². The van der Waals surface area contributed by atoms with E-state index in [1.807, 2.05) is 24.3 Å². The molecule has 3 rings (SSSR count). The summed E-state index contributed by atoms with van der Waals surface area (Å²) < 4.78 is 28.1. The molecule has 2 aromatic carbocycles. The number of halogens is 1. The summed E-state index contributed by atoms with van der Waals surface area (Å²) >= 11 is 5.84. The number of carboxylic acids is 1. The van der Waals surface area contributed by atoms with Crippen LogP contribution in [0.1, 0.15) is 30.4 Å². The van der Waals surface area contributed by atoms with Crippen molar-refractivity contribution in [1.29, 1.82) is 0 Å². The maximum atomic E-state index is 12.6. The highest BCUT2D eigenvalue weighted by Gasteiger charge is 2.31. The van der Waals surface area contributed by atoms with Gasteiger partial charge < -0.3 is 5.11 Å². The van der Waals surface area contributed by atoms with Gasteiger partial charge in [-0.2, -0.15) is 0 Å². The summed E-state index contributed by atoms with van der Waals surface area (Å²) in [5, 5.41) is 9.34. The first-order chi connectivity index (χ1) is 12.8. The summed E-state index contributed by atoms with van der Waals surface area (Å²) in [6.45, 7) is 0. The molecule has 1 fully saturated rings. The number of nitrogens with one attached hydrogen (secondary N) is 1. The van der Waals surface area contributed by atoms with Crippen LogP contribution in [0.15, 0.2) is 53.4 Å². The zero-order valence-corrected chi connectivity index (χ0v) is 16.3. The van der Waals surface area contributed by atoms with Crippen molar-refractivity contribution in [2.75, 3.05) is 0 Å². The molecule has 0 aromatic heterocycles. The van der Waals surface area contributed by atoms with Crippen LogP contribution >= 0.6 is 11.6 Å². The van der Waals surface area contributed by atoms with Crippen LogP contribution in [-0.2, 0) is 27.7 Å². The van der Waals surface area contributed by atoms with Gasteiger partial charge in [0.15, 0.2) is 0 Å². The monoisotopic (exact) mass is 407 g/mol. The third kappa shape index (κ3) is 5.31. The van der Waals surface area contributed by atoms with Crippen LogP contribution in [-0.4, -0.2) is 25.5 Å². The second-order valence-electron chi connectivity index (χ2n) is 6.96. The van der Waals surface area contributed by atoms with Gasteiger partial charge in [-0.3, -0.25) is 4.79 Å². The number of aliphatic carboxylic acids is 1. The van der Waals surface area contributed by atoms with E-state index >= 15 is 0 Å². The standard InChI is InChI=1S/C20H22ClNO4S/c21-17-8-10-18(11-9-17)27(25,26)22-19-3-1-2-16(19)12-14-4-6-15(7-5-14)13-20(23)24/h4-11,16,19,22H,1-3,12-13H2,(H,23,24)/t16-,19+/m0/s1. The largest absolute Gasteiger partial charge is 0.481 e. The fourth-order valence-corrected chi connectivity index (χ4v) is 5.05. The minimum atomic E-state index is -3.58. The van der Waals surface area contributed by atoms with Gasteiger partial charge in [-0.1, -0.05) is 42.3 Å². The molecule has 0 bridgehead atoms. The number of carbonyl (C=O) groups is 1. The molecule has 0 heterocycles. The molecule has 5 nitrogen and oxygen atoms in total. The molecule has 27 heavy (non-hydrogen) atoms. The van der Waals surface area contributed by atoms with E-state index in [1.54, 1.807) is 12.1 Å². The first-order valence-electron chi connectivity index (χ1n) is 8.91. The van der Waals surface area contributed by atoms with Crippen molar-refractivity contribution in [3.63, 3.8) is 0 Å². The molecular formula is C20H22ClNO4S. The van der Waals surface area contributed by atoms with Gasteiger partial charge in [0.05, 0.1) is 11.3 Å². The molecule has 0 saturated heterocycles. The number of rotatable bonds is 7. The molecule has 7 heteroatoms. The Bertz CT molecular complexity index is 895. The summed E-state index contributed by atoms with van der Waals surface area (Å²) in [4.78, 5) is 11.0. The third-order valence-corrected chi connectivity index (χ3v) is 6.72. The highest BCUT2D eigenvalue weighted by molar-refractivity contribution is 7.89. The third-order valence-electron chi connectivity index (χ3n) is 4.97. The maximum Gasteiger partial charge on any atom is 0.307 e. The van der Waals surface area contributed by atoms with Crippen LogP contribution in [0.2, 0.25) is 5.02 Å². The van der Waals surface area contributed by atoms with Crippen molar-refractivity contribution >= 4 is 27.6 Å². The van der Waals surface area contributed by atoms with Crippen LogP contribution < -0.4 is 4.72 Å². The number of sulfonamides is 1. The lowest BCUT2D eigenvalue weighted by Gasteiger charge is -2.21. The summed E-state index contributed by atoms with van der Waals surface area (Å²) in [6.07, 6.45) is 3.53. The van der Waals surface area contributed by atoms with Gasteiger partial charge in [0.1, 0.15) is 0 Å². The Kier molecular flexibility index (Phi) is 6.19. The minimum Gasteiger partial charge on any atom is -0.481 e. The fourth-order valence-electron chi connectivity index (χ4n) is 3.59. The first-order valence-corrected chi connectivity index (χ1v) is 10.8. The van der Waals surface area contributed by atoms with E-state index in [0.29, 0.717) is 5.02 Å². The van der Waals surface area contributed by atoms with Gasteiger partial charge in [0.2, 0.25) is 10.0 Å². The number of carboxylic acid groups (broad SMARTS) is 1. The Labute approximate surface area is 164 Å². The molecular weight excluding hydrogens is 386 g/mol. The van der Waals surface area contributed by atoms with Gasteiger partial charge in [0.25, 0.3) is 0 Å². The predicted octanol–water partition coefficient (Wildman–Crippen LogP) is 3.66. The average molecular weight is 408 g/mol. The average Bonchev–Trinajstić information content (AvgIpc) is 3.02. The Morgan fingerprint density at radius 2 is 1.67 bits per heavy atom. The van der Waals surface area contributed by atoms with Crippen molar-refractivity contribution in [2.45, 2.75) is 43.0 Å². The zero-order chi connectivity index (χ0) is 19.4. The number of benzene rings is 2. The molecule has 0 amide bonds. The number of hydrogen-bond acceptors (Lipinski definition) is 3. The molecule has 1 aliphatic rings. The molecule has 1 aliphatic carbocycles. The van der Waals surface area contributed by atoms with Crippen molar-refractivity contribution in [2.24, 2.45) is 5.92 Å². The molecule has 2 aromatic rings. The highest BCUT2D eigenvalue weighted by Crippen LogP contribution is 2.30. The van der Waals surface area contributed by atoms with Crippen molar-refractivity contribution in [1.82, 2.24) is 4.72 Å². The maximum absolute atomic E-state index is 12.6. The molecule has 0 unspecified atom stereocenters. The molecule has 144 valence electrons. The summed E-state index contributed by atoms with van der Waals surface area (Å²) in [7, 11) is -3.58. The molecule has 2 N–H and O–H groups in total. The fraction of sp³-hybridized carbons (Fsp3) is 0.350. The number of hydrogen-bond donors (Lipinski definition) is 2. The molecule has 0 radical (unpaired) electrons. The van der Waals surface area contributed by atoms with Crippen molar-refractivity contribution in [3.8, 4) is 0 Å². The Balaban J connectivity index is 1.66. The molecule has 2 atom stereocenters. The van der Waals surface area contributed by atoms with Crippen molar-refractivity contribution in [3.05, 3.63) is 64.7 Å². The normalized spacial score (nSPS) is 19.9. The summed E-state index contributed by atoms with van der Waals surface area (Å²) in [6, 6.07) is 13.6. The van der Waals surface area contributed by atoms with E-state index in [0.717, 1.165) is 36.8 Å². The van der Waals surface area contributed by atoms with Crippen LogP contribution in [0.25, 0.3) is 0 Å². The van der Waals surface area contributed by atoms with Crippen LogP contribution in [0.5, 0.6) is 0 Å². The SMILES string of the molecule is O=C(O)Cc1ccc(C[C@@H]2CCC[C@H]2NS(=O)(=O)c2ccc(Cl)cc2)cc1. The van der Waals surface area contributed by atoms with Gasteiger partial charge in [0, 0.05) is 11.1 Å². The topological polar surface area (TPSA) is 83.5 Å². The van der Waals surface area contributed by atoms with Gasteiger partial charge in [-0.25, -0.2) is 13.1 Å². The van der Waals surface area contributed by atoms with Gasteiger partial charge in [-0.15, -0.1) is 0 Å². The Morgan fingerprint density at radius 3 is 2.30 bits per heavy atom. The van der Waals surface area contributed by atoms with E-state index in [-0.39, 0.29) is 23.3 Å². The van der Waals surface area contributed by atoms with E-state index in [9.17, 15) is 13.2 Å². The lowest BCUT2D eigenvalue weighted by atomic mass is 9.94. The van der Waals surface area contributed by atoms with Gasteiger partial charge >= 0.3 is 5.97 Å². The van der Waals surface area contributed by atoms with Crippen LogP contribution in [0.4, 0.5) is 0 Å². The Morgan fingerprint density at radius 1 is 1.04 bits per heavy atom. The minimum absolute atomic E-state index is 0.00717. The lowest BCUT2D eigenvalue weighted by molar-refractivity contribution is -0.136. The first kappa shape index (κ1) is 19.9. The zero-order valence-electron chi connectivity index (χ0n) is 14.8. The predicted molar refractivity (Wildman–Crippen MR) is 104 cm³/mol. The highest BCUT2D eigenvalue weighted by atomic mass is 35.5. The lowest BCUT2D eigenvalue weighted by Crippen LogP contribution is -2.38. The van der Waals surface area contributed by atoms with E-state index in [1.165, 1.54) is 12.1 Å². The van der Waals surface area contributed by atoms with E-state index < -0.39 is 16.0 Å². The van der Waals surface area contributed by atoms with E-state index in [4.69, 9.17) is 16.7 Å². The van der Waals surface area contributed by atoms with E-state index in [2.05, 4.69) is 4.72 Å². The Hall–Kier alpha value is -1.89. The summed E-state index contributed by atoms with van der Waals surface area (Å²) in [5.74, 6) is -0.632.